The molecule has 0 saturated heterocycles. The van der Waals surface area contributed by atoms with Gasteiger partial charge >= 0.3 is 0 Å². The molecule has 0 aliphatic heterocycles. The number of anilines is 1. The zero-order valence-electron chi connectivity index (χ0n) is 11.2. The zero-order valence-corrected chi connectivity index (χ0v) is 12.0. The molecule has 5 nitrogen and oxygen atoms in total. The van der Waals surface area contributed by atoms with E-state index in [0.29, 0.717) is 4.88 Å². The summed E-state index contributed by atoms with van der Waals surface area (Å²) in [5.41, 5.74) is 11.3. The Balaban J connectivity index is 2.26. The lowest BCUT2D eigenvalue weighted by molar-refractivity contribution is -0.117. The molecule has 5 N–H and O–H groups in total. The van der Waals surface area contributed by atoms with Crippen molar-refractivity contribution in [2.45, 2.75) is 13.0 Å². The van der Waals surface area contributed by atoms with Crippen molar-refractivity contribution in [3.63, 3.8) is 0 Å². The van der Waals surface area contributed by atoms with Gasteiger partial charge in [-0.3, -0.25) is 9.59 Å². The van der Waals surface area contributed by atoms with Crippen molar-refractivity contribution in [3.8, 4) is 0 Å². The van der Waals surface area contributed by atoms with Crippen LogP contribution in [-0.2, 0) is 4.79 Å². The van der Waals surface area contributed by atoms with Crippen molar-refractivity contribution in [2.75, 3.05) is 5.32 Å². The highest BCUT2D eigenvalue weighted by Gasteiger charge is 2.19. The maximum Gasteiger partial charge on any atom is 0.248 e. The smallest absolute Gasteiger partial charge is 0.248 e. The third-order valence-electron chi connectivity index (χ3n) is 3.02. The Morgan fingerprint density at radius 3 is 2.67 bits per heavy atom. The molecule has 2 rings (SSSR count). The molecule has 7 heteroatoms. The van der Waals surface area contributed by atoms with Crippen LogP contribution >= 0.6 is 11.3 Å². The molecule has 21 heavy (non-hydrogen) atoms. The number of hydrogen-bond donors (Lipinski definition) is 3. The number of carbonyl (C=O) groups is 2. The topological polar surface area (TPSA) is 98.2 Å². The summed E-state index contributed by atoms with van der Waals surface area (Å²) < 4.78 is 13.7. The van der Waals surface area contributed by atoms with Crippen LogP contribution in [0, 0.1) is 12.7 Å². The maximum atomic E-state index is 13.7. The number of primary amides is 1. The standard InChI is InChI=1S/C14H14FN3O2S/c1-7-9(15)5-8(13(17)19)6-10(7)18-14(20)12(16)11-3-2-4-21-11/h2-6,12H,16H2,1H3,(H2,17,19)(H,18,20). The van der Waals surface area contributed by atoms with Crippen molar-refractivity contribution in [1.29, 1.82) is 0 Å². The third-order valence-corrected chi connectivity index (χ3v) is 3.97. The fraction of sp³-hybridized carbons (Fsp3) is 0.143. The van der Waals surface area contributed by atoms with E-state index in [9.17, 15) is 14.0 Å². The minimum atomic E-state index is -0.857. The number of nitrogens with one attached hydrogen (secondary N) is 1. The molecule has 0 aliphatic carbocycles. The molecule has 1 heterocycles. The second-order valence-electron chi connectivity index (χ2n) is 4.48. The molecule has 110 valence electrons. The first-order valence-corrected chi connectivity index (χ1v) is 6.98. The van der Waals surface area contributed by atoms with E-state index in [1.165, 1.54) is 24.3 Å². The molecule has 1 aromatic carbocycles. The molecule has 2 aromatic rings. The van der Waals surface area contributed by atoms with Crippen molar-refractivity contribution < 1.29 is 14.0 Å². The number of halogens is 1. The van der Waals surface area contributed by atoms with Crippen LogP contribution in [0.4, 0.5) is 10.1 Å². The number of hydrogen-bond acceptors (Lipinski definition) is 4. The number of nitrogens with two attached hydrogens (primary N) is 2. The molecule has 1 unspecified atom stereocenters. The van der Waals surface area contributed by atoms with E-state index in [2.05, 4.69) is 5.32 Å². The molecule has 0 bridgehead atoms. The third kappa shape index (κ3) is 3.26. The summed E-state index contributed by atoms with van der Waals surface area (Å²) >= 11 is 1.35. The van der Waals surface area contributed by atoms with Crippen LogP contribution in [0.1, 0.15) is 26.8 Å². The van der Waals surface area contributed by atoms with Crippen LogP contribution in [0.25, 0.3) is 0 Å². The predicted octanol–water partition coefficient (Wildman–Crippen LogP) is 1.93. The van der Waals surface area contributed by atoms with Crippen LogP contribution in [-0.4, -0.2) is 11.8 Å². The van der Waals surface area contributed by atoms with Crippen LogP contribution in [0.2, 0.25) is 0 Å². The van der Waals surface area contributed by atoms with E-state index in [1.807, 2.05) is 0 Å². The predicted molar refractivity (Wildman–Crippen MR) is 79.5 cm³/mol. The summed E-state index contributed by atoms with van der Waals surface area (Å²) in [6.45, 7) is 1.49. The van der Waals surface area contributed by atoms with Crippen molar-refractivity contribution >= 4 is 28.8 Å². The van der Waals surface area contributed by atoms with Gasteiger partial charge in [0.05, 0.1) is 0 Å². The van der Waals surface area contributed by atoms with Gasteiger partial charge < -0.3 is 16.8 Å². The van der Waals surface area contributed by atoms with Crippen molar-refractivity contribution in [3.05, 3.63) is 51.5 Å². The summed E-state index contributed by atoms with van der Waals surface area (Å²) in [6.07, 6.45) is 0. The number of rotatable bonds is 4. The Morgan fingerprint density at radius 1 is 1.38 bits per heavy atom. The van der Waals surface area contributed by atoms with Crippen molar-refractivity contribution in [2.24, 2.45) is 11.5 Å². The van der Waals surface area contributed by atoms with E-state index in [1.54, 1.807) is 17.5 Å². The molecule has 1 atom stereocenters. The van der Waals surface area contributed by atoms with E-state index in [4.69, 9.17) is 11.5 Å². The Morgan fingerprint density at radius 2 is 2.10 bits per heavy atom. The maximum absolute atomic E-state index is 13.7. The van der Waals surface area contributed by atoms with Crippen LogP contribution in [0.5, 0.6) is 0 Å². The molecule has 0 radical (unpaired) electrons. The summed E-state index contributed by atoms with van der Waals surface area (Å²) in [6, 6.07) is 5.03. The highest BCUT2D eigenvalue weighted by atomic mass is 32.1. The number of thiophene rings is 1. The Kier molecular flexibility index (Phi) is 4.35. The largest absolute Gasteiger partial charge is 0.366 e. The monoisotopic (exact) mass is 307 g/mol. The van der Waals surface area contributed by atoms with E-state index < -0.39 is 23.7 Å². The average molecular weight is 307 g/mol. The van der Waals surface area contributed by atoms with Gasteiger partial charge in [-0.05, 0) is 30.5 Å². The van der Waals surface area contributed by atoms with Gasteiger partial charge in [0.25, 0.3) is 0 Å². The molecular weight excluding hydrogens is 293 g/mol. The fourth-order valence-corrected chi connectivity index (χ4v) is 2.48. The van der Waals surface area contributed by atoms with Gasteiger partial charge in [0.15, 0.2) is 0 Å². The SMILES string of the molecule is Cc1c(F)cc(C(N)=O)cc1NC(=O)C(N)c1cccs1. The van der Waals surface area contributed by atoms with Crippen molar-refractivity contribution in [1.82, 2.24) is 0 Å². The Bertz CT molecular complexity index is 686. The second kappa shape index (κ2) is 6.02. The summed E-state index contributed by atoms with van der Waals surface area (Å²) in [4.78, 5) is 23.9. The summed E-state index contributed by atoms with van der Waals surface area (Å²) in [7, 11) is 0. The van der Waals surface area contributed by atoms with Gasteiger partial charge in [0.2, 0.25) is 11.8 Å². The number of carbonyl (C=O) groups excluding carboxylic acids is 2. The van der Waals surface area contributed by atoms with E-state index in [0.717, 1.165) is 6.07 Å². The quantitative estimate of drug-likeness (QED) is 0.805. The molecule has 0 saturated carbocycles. The molecule has 0 spiro atoms. The van der Waals surface area contributed by atoms with E-state index >= 15 is 0 Å². The normalized spacial score (nSPS) is 12.0. The molecule has 0 fully saturated rings. The zero-order chi connectivity index (χ0) is 15.6. The highest BCUT2D eigenvalue weighted by Crippen LogP contribution is 2.23. The van der Waals surface area contributed by atoms with Gasteiger partial charge in [-0.1, -0.05) is 6.07 Å². The van der Waals surface area contributed by atoms with Crippen LogP contribution in [0.15, 0.2) is 29.6 Å². The Labute approximate surface area is 124 Å². The lowest BCUT2D eigenvalue weighted by Gasteiger charge is -2.14. The fourth-order valence-electron chi connectivity index (χ4n) is 1.76. The van der Waals surface area contributed by atoms with Gasteiger partial charge in [-0.2, -0.15) is 0 Å². The van der Waals surface area contributed by atoms with Gasteiger partial charge in [-0.25, -0.2) is 4.39 Å². The summed E-state index contributed by atoms with van der Waals surface area (Å²) in [5.74, 6) is -1.88. The minimum absolute atomic E-state index is 0.0157. The van der Waals surface area contributed by atoms with Crippen LogP contribution in [0.3, 0.4) is 0 Å². The average Bonchev–Trinajstić information content (AvgIpc) is 2.96. The molecule has 0 aliphatic rings. The molecule has 2 amide bonds. The Hall–Kier alpha value is -2.25. The first kappa shape index (κ1) is 15.1. The first-order chi connectivity index (χ1) is 9.90. The van der Waals surface area contributed by atoms with E-state index in [-0.39, 0.29) is 16.8 Å². The van der Waals surface area contributed by atoms with Gasteiger partial charge in [-0.15, -0.1) is 11.3 Å². The van der Waals surface area contributed by atoms with Gasteiger partial charge in [0.1, 0.15) is 11.9 Å². The summed E-state index contributed by atoms with van der Waals surface area (Å²) in [5, 5.41) is 4.34. The highest BCUT2D eigenvalue weighted by molar-refractivity contribution is 7.10. The van der Waals surface area contributed by atoms with Crippen LogP contribution < -0.4 is 16.8 Å². The lowest BCUT2D eigenvalue weighted by Crippen LogP contribution is -2.27. The minimum Gasteiger partial charge on any atom is -0.366 e. The van der Waals surface area contributed by atoms with Gasteiger partial charge in [0, 0.05) is 21.7 Å². The lowest BCUT2D eigenvalue weighted by atomic mass is 10.1. The number of amides is 2. The first-order valence-electron chi connectivity index (χ1n) is 6.10. The molecular formula is C14H14FN3O2S. The molecule has 1 aromatic heterocycles. The number of benzene rings is 1. The second-order valence-corrected chi connectivity index (χ2v) is 5.46.